The lowest BCUT2D eigenvalue weighted by Gasteiger charge is -2.17. The Hall–Kier alpha value is -1.88. The van der Waals surface area contributed by atoms with Gasteiger partial charge in [0.25, 0.3) is 5.91 Å². The van der Waals surface area contributed by atoms with Gasteiger partial charge in [-0.1, -0.05) is 26.0 Å². The quantitative estimate of drug-likeness (QED) is 0.722. The maximum atomic E-state index is 12.1. The van der Waals surface area contributed by atoms with Crippen LogP contribution in [0.3, 0.4) is 0 Å². The highest BCUT2D eigenvalue weighted by Crippen LogP contribution is 2.17. The van der Waals surface area contributed by atoms with Crippen molar-refractivity contribution < 1.29 is 9.59 Å². The number of primary amides is 1. The summed E-state index contributed by atoms with van der Waals surface area (Å²) in [5, 5.41) is 2.73. The molecule has 0 saturated carbocycles. The van der Waals surface area contributed by atoms with Crippen molar-refractivity contribution in [2.24, 2.45) is 23.3 Å². The Morgan fingerprint density at radius 1 is 1.26 bits per heavy atom. The zero-order valence-electron chi connectivity index (χ0n) is 11.3. The number of para-hydroxylation sites is 1. The minimum absolute atomic E-state index is 0.176. The molecule has 1 unspecified atom stereocenters. The summed E-state index contributed by atoms with van der Waals surface area (Å²) in [5.41, 5.74) is 11.6. The Bertz CT molecular complexity index is 458. The fraction of sp³-hybridized carbons (Fsp3) is 0.429. The molecule has 1 atom stereocenters. The van der Waals surface area contributed by atoms with E-state index in [1.54, 1.807) is 24.3 Å². The smallest absolute Gasteiger partial charge is 0.250 e. The lowest BCUT2D eigenvalue weighted by molar-refractivity contribution is -0.120. The van der Waals surface area contributed by atoms with E-state index in [1.807, 2.05) is 13.8 Å². The van der Waals surface area contributed by atoms with Gasteiger partial charge in [0.2, 0.25) is 5.91 Å². The lowest BCUT2D eigenvalue weighted by Crippen LogP contribution is -2.31. The largest absolute Gasteiger partial charge is 0.366 e. The highest BCUT2D eigenvalue weighted by Gasteiger charge is 2.19. The standard InChI is InChI=1S/C14H21N3O2/c1-9(2)7-10(8-15)14(19)17-12-6-4-3-5-11(12)13(16)18/h3-6,9-10H,7-8,15H2,1-2H3,(H2,16,18)(H,17,19). The van der Waals surface area contributed by atoms with Crippen LogP contribution in [0.15, 0.2) is 24.3 Å². The van der Waals surface area contributed by atoms with Gasteiger partial charge in [0, 0.05) is 6.54 Å². The first-order chi connectivity index (χ1) is 8.95. The molecule has 0 saturated heterocycles. The van der Waals surface area contributed by atoms with E-state index in [0.717, 1.165) is 0 Å². The second kappa shape index (κ2) is 6.89. The van der Waals surface area contributed by atoms with E-state index in [4.69, 9.17) is 11.5 Å². The Morgan fingerprint density at radius 3 is 2.42 bits per heavy atom. The van der Waals surface area contributed by atoms with Crippen molar-refractivity contribution in [3.8, 4) is 0 Å². The van der Waals surface area contributed by atoms with Crippen LogP contribution in [0.5, 0.6) is 0 Å². The van der Waals surface area contributed by atoms with Crippen molar-refractivity contribution in [2.45, 2.75) is 20.3 Å². The molecule has 0 aliphatic carbocycles. The summed E-state index contributed by atoms with van der Waals surface area (Å²) in [4.78, 5) is 23.4. The second-order valence-electron chi connectivity index (χ2n) is 4.96. The monoisotopic (exact) mass is 263 g/mol. The van der Waals surface area contributed by atoms with Gasteiger partial charge in [-0.25, -0.2) is 0 Å². The van der Waals surface area contributed by atoms with Crippen LogP contribution in [0, 0.1) is 11.8 Å². The molecule has 5 nitrogen and oxygen atoms in total. The molecule has 0 bridgehead atoms. The Balaban J connectivity index is 2.84. The van der Waals surface area contributed by atoms with Crippen molar-refractivity contribution in [1.29, 1.82) is 0 Å². The van der Waals surface area contributed by atoms with Gasteiger partial charge in [0.15, 0.2) is 0 Å². The molecule has 5 N–H and O–H groups in total. The molecule has 1 rings (SSSR count). The first kappa shape index (κ1) is 15.2. The van der Waals surface area contributed by atoms with Crippen LogP contribution >= 0.6 is 0 Å². The summed E-state index contributed by atoms with van der Waals surface area (Å²) >= 11 is 0. The predicted molar refractivity (Wildman–Crippen MR) is 75.6 cm³/mol. The van der Waals surface area contributed by atoms with Gasteiger partial charge in [0.05, 0.1) is 17.2 Å². The van der Waals surface area contributed by atoms with Crippen LogP contribution in [0.25, 0.3) is 0 Å². The third-order valence-corrected chi connectivity index (χ3v) is 2.86. The first-order valence-corrected chi connectivity index (χ1v) is 6.35. The number of nitrogens with two attached hydrogens (primary N) is 2. The molecular weight excluding hydrogens is 242 g/mol. The van der Waals surface area contributed by atoms with E-state index < -0.39 is 5.91 Å². The number of anilines is 1. The zero-order chi connectivity index (χ0) is 14.4. The van der Waals surface area contributed by atoms with E-state index >= 15 is 0 Å². The van der Waals surface area contributed by atoms with Gasteiger partial charge in [0.1, 0.15) is 0 Å². The Kier molecular flexibility index (Phi) is 5.51. The molecule has 1 aromatic carbocycles. The fourth-order valence-corrected chi connectivity index (χ4v) is 1.92. The van der Waals surface area contributed by atoms with Crippen molar-refractivity contribution in [1.82, 2.24) is 0 Å². The van der Waals surface area contributed by atoms with E-state index in [9.17, 15) is 9.59 Å². The zero-order valence-corrected chi connectivity index (χ0v) is 11.3. The van der Waals surface area contributed by atoms with E-state index in [1.165, 1.54) is 0 Å². The summed E-state index contributed by atoms with van der Waals surface area (Å²) in [6, 6.07) is 6.67. The van der Waals surface area contributed by atoms with E-state index in [2.05, 4.69) is 5.32 Å². The first-order valence-electron chi connectivity index (χ1n) is 6.35. The van der Waals surface area contributed by atoms with Gasteiger partial charge in [-0.05, 0) is 24.5 Å². The molecule has 0 spiro atoms. The molecule has 19 heavy (non-hydrogen) atoms. The number of hydrogen-bond donors (Lipinski definition) is 3. The van der Waals surface area contributed by atoms with Gasteiger partial charge in [-0.15, -0.1) is 0 Å². The van der Waals surface area contributed by atoms with Crippen LogP contribution < -0.4 is 16.8 Å². The molecule has 2 amide bonds. The van der Waals surface area contributed by atoms with Crippen molar-refractivity contribution >= 4 is 17.5 Å². The number of rotatable bonds is 6. The maximum Gasteiger partial charge on any atom is 0.250 e. The van der Waals surface area contributed by atoms with Crippen LogP contribution in [0.1, 0.15) is 30.6 Å². The molecular formula is C14H21N3O2. The van der Waals surface area contributed by atoms with Crippen molar-refractivity contribution in [3.63, 3.8) is 0 Å². The third-order valence-electron chi connectivity index (χ3n) is 2.86. The second-order valence-corrected chi connectivity index (χ2v) is 4.96. The average Bonchev–Trinajstić information content (AvgIpc) is 2.35. The van der Waals surface area contributed by atoms with Crippen LogP contribution in [0.2, 0.25) is 0 Å². The van der Waals surface area contributed by atoms with Crippen molar-refractivity contribution in [3.05, 3.63) is 29.8 Å². The molecule has 0 fully saturated rings. The molecule has 0 radical (unpaired) electrons. The highest BCUT2D eigenvalue weighted by molar-refractivity contribution is 6.03. The summed E-state index contributed by atoms with van der Waals surface area (Å²) < 4.78 is 0. The van der Waals surface area contributed by atoms with Gasteiger partial charge in [-0.3, -0.25) is 9.59 Å². The molecule has 0 aromatic heterocycles. The van der Waals surface area contributed by atoms with Crippen LogP contribution in [-0.2, 0) is 4.79 Å². The highest BCUT2D eigenvalue weighted by atomic mass is 16.2. The third kappa shape index (κ3) is 4.37. The summed E-state index contributed by atoms with van der Waals surface area (Å²) in [5.74, 6) is -0.624. The van der Waals surface area contributed by atoms with Crippen LogP contribution in [-0.4, -0.2) is 18.4 Å². The molecule has 0 aliphatic rings. The topological polar surface area (TPSA) is 98.2 Å². The minimum Gasteiger partial charge on any atom is -0.366 e. The van der Waals surface area contributed by atoms with E-state index in [-0.39, 0.29) is 18.4 Å². The van der Waals surface area contributed by atoms with Gasteiger partial charge >= 0.3 is 0 Å². The van der Waals surface area contributed by atoms with Gasteiger partial charge < -0.3 is 16.8 Å². The molecule has 1 aromatic rings. The molecule has 0 aliphatic heterocycles. The SMILES string of the molecule is CC(C)CC(CN)C(=O)Nc1ccccc1C(N)=O. The lowest BCUT2D eigenvalue weighted by atomic mass is 9.96. The molecule has 5 heteroatoms. The number of hydrogen-bond acceptors (Lipinski definition) is 3. The number of carbonyl (C=O) groups is 2. The Morgan fingerprint density at radius 2 is 1.89 bits per heavy atom. The summed E-state index contributed by atoms with van der Waals surface area (Å²) in [6.07, 6.45) is 0.709. The molecule has 0 heterocycles. The summed E-state index contributed by atoms with van der Waals surface area (Å²) in [6.45, 7) is 4.35. The van der Waals surface area contributed by atoms with Crippen molar-refractivity contribution in [2.75, 3.05) is 11.9 Å². The normalized spacial score (nSPS) is 12.2. The fourth-order valence-electron chi connectivity index (χ4n) is 1.92. The minimum atomic E-state index is -0.566. The summed E-state index contributed by atoms with van der Waals surface area (Å²) in [7, 11) is 0. The number of nitrogens with one attached hydrogen (secondary N) is 1. The molecule has 104 valence electrons. The number of benzene rings is 1. The van der Waals surface area contributed by atoms with Gasteiger partial charge in [-0.2, -0.15) is 0 Å². The average molecular weight is 263 g/mol. The Labute approximate surface area is 113 Å². The maximum absolute atomic E-state index is 12.1. The van der Waals surface area contributed by atoms with Crippen LogP contribution in [0.4, 0.5) is 5.69 Å². The number of carbonyl (C=O) groups excluding carboxylic acids is 2. The predicted octanol–water partition coefficient (Wildman–Crippen LogP) is 1.34. The number of amides is 2. The van der Waals surface area contributed by atoms with E-state index in [0.29, 0.717) is 23.6 Å².